The van der Waals surface area contributed by atoms with Gasteiger partial charge in [-0.3, -0.25) is 14.9 Å². The van der Waals surface area contributed by atoms with E-state index in [1.54, 1.807) is 12.1 Å². The van der Waals surface area contributed by atoms with Crippen molar-refractivity contribution in [3.05, 3.63) is 70.6 Å². The number of hydrogen-bond donors (Lipinski definition) is 0. The Hall–Kier alpha value is -2.93. The maximum Gasteiger partial charge on any atom is 0.301 e. The largest absolute Gasteiger partial charge is 0.453 e. The summed E-state index contributed by atoms with van der Waals surface area (Å²) in [5, 5.41) is 11.3. The topological polar surface area (TPSA) is 86.2 Å². The number of nitrogens with zero attached hydrogens (tertiary/aromatic N) is 2. The Labute approximate surface area is 135 Å². The number of aldehydes is 1. The fourth-order valence-electron chi connectivity index (χ4n) is 1.97. The molecule has 2 aromatic heterocycles. The van der Waals surface area contributed by atoms with Gasteiger partial charge in [-0.05, 0) is 30.3 Å². The second-order valence-electron chi connectivity index (χ2n) is 4.53. The van der Waals surface area contributed by atoms with E-state index < -0.39 is 4.92 Å². The number of carbonyl (C=O) groups is 1. The predicted octanol–water partition coefficient (Wildman–Crippen LogP) is 4.21. The van der Waals surface area contributed by atoms with Crippen LogP contribution in [0.25, 0.3) is 11.3 Å². The molecule has 0 saturated heterocycles. The number of rotatable bonds is 5. The minimum absolute atomic E-state index is 0.0248. The van der Waals surface area contributed by atoms with Gasteiger partial charge in [0.25, 0.3) is 0 Å². The molecule has 7 heteroatoms. The first-order valence-electron chi connectivity index (χ1n) is 6.60. The number of benzene rings is 1. The number of aromatic nitrogens is 1. The van der Waals surface area contributed by atoms with E-state index in [0.717, 1.165) is 10.5 Å². The summed E-state index contributed by atoms with van der Waals surface area (Å²) in [6.07, 6.45) is 2.17. The minimum atomic E-state index is -0.451. The second-order valence-corrected chi connectivity index (χ2v) is 5.59. The van der Waals surface area contributed by atoms with Crippen molar-refractivity contribution in [1.29, 1.82) is 0 Å². The molecule has 0 aliphatic heterocycles. The SMILES string of the molecule is O=Cc1ccc(-c2ccc(Sc3ncccc3[N+](=O)[O-])cc2)o1. The van der Waals surface area contributed by atoms with Crippen LogP contribution in [0.2, 0.25) is 0 Å². The molecular formula is C16H10N2O4S. The van der Waals surface area contributed by atoms with Crippen LogP contribution in [-0.4, -0.2) is 16.2 Å². The van der Waals surface area contributed by atoms with Crippen molar-refractivity contribution in [3.8, 4) is 11.3 Å². The third kappa shape index (κ3) is 3.29. The second kappa shape index (κ2) is 6.45. The fraction of sp³-hybridized carbons (Fsp3) is 0. The zero-order chi connectivity index (χ0) is 16.2. The number of furan rings is 1. The molecule has 0 saturated carbocycles. The van der Waals surface area contributed by atoms with Gasteiger partial charge in [0.1, 0.15) is 5.76 Å². The highest BCUT2D eigenvalue weighted by Crippen LogP contribution is 2.33. The molecule has 0 unspecified atom stereocenters. The van der Waals surface area contributed by atoms with E-state index in [0.29, 0.717) is 17.1 Å². The normalized spacial score (nSPS) is 10.4. The van der Waals surface area contributed by atoms with E-state index in [2.05, 4.69) is 4.98 Å². The molecule has 6 nitrogen and oxygen atoms in total. The maximum absolute atomic E-state index is 11.0. The molecule has 0 N–H and O–H groups in total. The third-order valence-corrected chi connectivity index (χ3v) is 4.06. The third-order valence-electron chi connectivity index (χ3n) is 3.04. The van der Waals surface area contributed by atoms with Gasteiger partial charge in [-0.25, -0.2) is 4.98 Å². The highest BCUT2D eigenvalue weighted by molar-refractivity contribution is 7.99. The summed E-state index contributed by atoms with van der Waals surface area (Å²) in [7, 11) is 0. The van der Waals surface area contributed by atoms with Gasteiger partial charge in [0.05, 0.1) is 4.92 Å². The highest BCUT2D eigenvalue weighted by Gasteiger charge is 2.15. The van der Waals surface area contributed by atoms with E-state index in [9.17, 15) is 14.9 Å². The van der Waals surface area contributed by atoms with Crippen molar-refractivity contribution in [2.75, 3.05) is 0 Å². The van der Waals surface area contributed by atoms with Crippen LogP contribution in [0.15, 0.2) is 69.1 Å². The molecule has 2 heterocycles. The minimum Gasteiger partial charge on any atom is -0.453 e. The van der Waals surface area contributed by atoms with Gasteiger partial charge >= 0.3 is 5.69 Å². The zero-order valence-electron chi connectivity index (χ0n) is 11.7. The maximum atomic E-state index is 11.0. The smallest absolute Gasteiger partial charge is 0.301 e. The van der Waals surface area contributed by atoms with Crippen LogP contribution in [0.5, 0.6) is 0 Å². The molecule has 0 aliphatic rings. The number of carbonyl (C=O) groups excluding carboxylic acids is 1. The van der Waals surface area contributed by atoms with Gasteiger partial charge in [0, 0.05) is 22.7 Å². The number of hydrogen-bond acceptors (Lipinski definition) is 6. The lowest BCUT2D eigenvalue weighted by Gasteiger charge is -2.03. The molecule has 0 spiro atoms. The van der Waals surface area contributed by atoms with Gasteiger partial charge in [-0.15, -0.1) is 0 Å². The average molecular weight is 326 g/mol. The van der Waals surface area contributed by atoms with Gasteiger partial charge in [-0.2, -0.15) is 0 Å². The van der Waals surface area contributed by atoms with E-state index in [-0.39, 0.29) is 11.4 Å². The summed E-state index contributed by atoms with van der Waals surface area (Å²) < 4.78 is 5.35. The molecule has 23 heavy (non-hydrogen) atoms. The molecule has 0 aliphatic carbocycles. The Bertz CT molecular complexity index is 859. The van der Waals surface area contributed by atoms with E-state index in [1.807, 2.05) is 24.3 Å². The molecule has 3 aromatic rings. The van der Waals surface area contributed by atoms with Gasteiger partial charge < -0.3 is 4.42 Å². The average Bonchev–Trinajstić information content (AvgIpc) is 3.05. The van der Waals surface area contributed by atoms with Crippen LogP contribution in [0, 0.1) is 10.1 Å². The molecule has 0 bridgehead atoms. The molecule has 1 aromatic carbocycles. The van der Waals surface area contributed by atoms with Crippen molar-refractivity contribution < 1.29 is 14.1 Å². The molecular weight excluding hydrogens is 316 g/mol. The Kier molecular flexibility index (Phi) is 4.20. The summed E-state index contributed by atoms with van der Waals surface area (Å²) in [6, 6.07) is 13.6. The van der Waals surface area contributed by atoms with Crippen LogP contribution in [0.1, 0.15) is 10.6 Å². The lowest BCUT2D eigenvalue weighted by atomic mass is 10.2. The Balaban J connectivity index is 1.83. The molecule has 3 rings (SSSR count). The summed E-state index contributed by atoms with van der Waals surface area (Å²) in [5.74, 6) is 0.857. The number of nitro groups is 1. The summed E-state index contributed by atoms with van der Waals surface area (Å²) in [5.41, 5.74) is 0.793. The lowest BCUT2D eigenvalue weighted by molar-refractivity contribution is -0.388. The van der Waals surface area contributed by atoms with E-state index in [1.165, 1.54) is 30.1 Å². The highest BCUT2D eigenvalue weighted by atomic mass is 32.2. The van der Waals surface area contributed by atoms with E-state index in [4.69, 9.17) is 4.42 Å². The fourth-order valence-corrected chi connectivity index (χ4v) is 2.83. The summed E-state index contributed by atoms with van der Waals surface area (Å²) in [4.78, 5) is 26.1. The number of pyridine rings is 1. The van der Waals surface area contributed by atoms with Crippen molar-refractivity contribution in [2.45, 2.75) is 9.92 Å². The van der Waals surface area contributed by atoms with Crippen molar-refractivity contribution in [2.24, 2.45) is 0 Å². The monoisotopic (exact) mass is 326 g/mol. The van der Waals surface area contributed by atoms with Gasteiger partial charge in [0.2, 0.25) is 0 Å². The van der Waals surface area contributed by atoms with Gasteiger partial charge in [-0.1, -0.05) is 23.9 Å². The lowest BCUT2D eigenvalue weighted by Crippen LogP contribution is -1.92. The molecule has 0 amide bonds. The van der Waals surface area contributed by atoms with Crippen molar-refractivity contribution in [1.82, 2.24) is 4.98 Å². The zero-order valence-corrected chi connectivity index (χ0v) is 12.5. The predicted molar refractivity (Wildman–Crippen MR) is 84.5 cm³/mol. The van der Waals surface area contributed by atoms with Gasteiger partial charge in [0.15, 0.2) is 17.1 Å². The Morgan fingerprint density at radius 1 is 1.13 bits per heavy atom. The van der Waals surface area contributed by atoms with Crippen LogP contribution in [0.4, 0.5) is 5.69 Å². The first kappa shape index (κ1) is 15.0. The van der Waals surface area contributed by atoms with Crippen LogP contribution in [0.3, 0.4) is 0 Å². The molecule has 0 fully saturated rings. The molecule has 0 radical (unpaired) electrons. The summed E-state index contributed by atoms with van der Waals surface area (Å²) >= 11 is 1.22. The van der Waals surface area contributed by atoms with Crippen LogP contribution >= 0.6 is 11.8 Å². The van der Waals surface area contributed by atoms with Crippen molar-refractivity contribution >= 4 is 23.7 Å². The first-order chi connectivity index (χ1) is 11.2. The molecule has 114 valence electrons. The van der Waals surface area contributed by atoms with E-state index >= 15 is 0 Å². The van der Waals surface area contributed by atoms with Crippen molar-refractivity contribution in [3.63, 3.8) is 0 Å². The van der Waals surface area contributed by atoms with Crippen LogP contribution < -0.4 is 0 Å². The first-order valence-corrected chi connectivity index (χ1v) is 7.42. The quantitative estimate of drug-likeness (QED) is 0.396. The Morgan fingerprint density at radius 2 is 1.91 bits per heavy atom. The Morgan fingerprint density at radius 3 is 2.57 bits per heavy atom. The summed E-state index contributed by atoms with van der Waals surface area (Å²) in [6.45, 7) is 0. The standard InChI is InChI=1S/C16H10N2O4S/c19-10-12-5-8-15(22-12)11-3-6-13(7-4-11)23-16-14(18(20)21)2-1-9-17-16/h1-10H. The molecule has 0 atom stereocenters. The van der Waals surface area contributed by atoms with Crippen LogP contribution in [-0.2, 0) is 0 Å².